The Labute approximate surface area is 175 Å². The third-order valence-corrected chi connectivity index (χ3v) is 4.16. The number of hydrogen-bond acceptors (Lipinski definition) is 6. The molecule has 0 saturated carbocycles. The van der Waals surface area contributed by atoms with Crippen molar-refractivity contribution in [2.45, 2.75) is 78.9 Å². The lowest BCUT2D eigenvalue weighted by Crippen LogP contribution is -2.51. The summed E-state index contributed by atoms with van der Waals surface area (Å²) in [6, 6.07) is 8.54. The lowest BCUT2D eigenvalue weighted by molar-refractivity contribution is -0.134. The van der Waals surface area contributed by atoms with Gasteiger partial charge in [0.1, 0.15) is 0 Å². The minimum atomic E-state index is -0.833. The number of unbranched alkanes of at least 4 members (excludes halogenated alkanes) is 4. The first-order valence-electron chi connectivity index (χ1n) is 10.4. The summed E-state index contributed by atoms with van der Waals surface area (Å²) in [6.07, 6.45) is 6.36. The van der Waals surface area contributed by atoms with Gasteiger partial charge in [0.15, 0.2) is 5.66 Å². The zero-order valence-electron chi connectivity index (χ0n) is 18.5. The van der Waals surface area contributed by atoms with Crippen molar-refractivity contribution in [2.24, 2.45) is 9.98 Å². The van der Waals surface area contributed by atoms with E-state index in [9.17, 15) is 0 Å². The summed E-state index contributed by atoms with van der Waals surface area (Å²) in [6.45, 7) is 11.1. The van der Waals surface area contributed by atoms with E-state index in [1.165, 1.54) is 43.2 Å². The van der Waals surface area contributed by atoms with E-state index in [1.807, 2.05) is 13.8 Å². The molecule has 2 rings (SSSR count). The van der Waals surface area contributed by atoms with Crippen LogP contribution in [0.3, 0.4) is 0 Å². The molecule has 0 amide bonds. The molecule has 0 bridgehead atoms. The van der Waals surface area contributed by atoms with Crippen molar-refractivity contribution in [3.05, 3.63) is 35.4 Å². The normalized spacial score (nSPS) is 14.5. The van der Waals surface area contributed by atoms with E-state index in [2.05, 4.69) is 64.0 Å². The molecule has 1 aromatic carbocycles. The average molecular weight is 404 g/mol. The van der Waals surface area contributed by atoms with Gasteiger partial charge in [0, 0.05) is 20.0 Å². The molecule has 0 unspecified atom stereocenters. The Bertz CT molecular complexity index is 677. The van der Waals surface area contributed by atoms with Crippen molar-refractivity contribution in [3.63, 3.8) is 0 Å². The summed E-state index contributed by atoms with van der Waals surface area (Å²) in [7, 11) is 0. The fourth-order valence-electron chi connectivity index (χ4n) is 2.73. The SMILES string of the molecule is CC(=O)O.CCCCCCCNC1=NC(C)(C)N=C(NCc2ccc(C)cc2)N1. The molecule has 7 heteroatoms. The van der Waals surface area contributed by atoms with Crippen molar-refractivity contribution in [3.8, 4) is 0 Å². The van der Waals surface area contributed by atoms with Gasteiger partial charge in [0.25, 0.3) is 5.97 Å². The molecule has 0 aromatic heterocycles. The van der Waals surface area contributed by atoms with E-state index in [-0.39, 0.29) is 0 Å². The number of aliphatic imine (C=N–C) groups is 2. The number of carbonyl (C=O) groups is 1. The zero-order valence-corrected chi connectivity index (χ0v) is 18.5. The van der Waals surface area contributed by atoms with Gasteiger partial charge in [0.2, 0.25) is 11.9 Å². The van der Waals surface area contributed by atoms with Crippen LogP contribution in [0.2, 0.25) is 0 Å². The third-order valence-electron chi connectivity index (χ3n) is 4.16. The Kier molecular flexibility index (Phi) is 10.8. The van der Waals surface area contributed by atoms with Crippen LogP contribution in [-0.2, 0) is 11.3 Å². The number of benzene rings is 1. The van der Waals surface area contributed by atoms with Gasteiger partial charge >= 0.3 is 0 Å². The van der Waals surface area contributed by atoms with Crippen LogP contribution in [-0.4, -0.2) is 35.2 Å². The first kappa shape index (κ1) is 24.5. The Morgan fingerprint density at radius 1 is 1.03 bits per heavy atom. The highest BCUT2D eigenvalue weighted by molar-refractivity contribution is 6.00. The van der Waals surface area contributed by atoms with Gasteiger partial charge in [0.05, 0.1) is 0 Å². The highest BCUT2D eigenvalue weighted by Crippen LogP contribution is 2.13. The van der Waals surface area contributed by atoms with Crippen LogP contribution in [0.15, 0.2) is 34.3 Å². The molecule has 0 aliphatic carbocycles. The van der Waals surface area contributed by atoms with Crippen LogP contribution in [0, 0.1) is 6.92 Å². The van der Waals surface area contributed by atoms with Crippen LogP contribution in [0.5, 0.6) is 0 Å². The van der Waals surface area contributed by atoms with Crippen molar-refractivity contribution >= 4 is 17.9 Å². The van der Waals surface area contributed by atoms with Gasteiger partial charge in [-0.25, -0.2) is 9.98 Å². The molecule has 29 heavy (non-hydrogen) atoms. The minimum absolute atomic E-state index is 0.453. The van der Waals surface area contributed by atoms with Crippen molar-refractivity contribution in [1.29, 1.82) is 0 Å². The van der Waals surface area contributed by atoms with Gasteiger partial charge in [-0.15, -0.1) is 0 Å². The maximum absolute atomic E-state index is 9.00. The molecule has 162 valence electrons. The molecule has 1 aliphatic rings. The Morgan fingerprint density at radius 3 is 2.17 bits per heavy atom. The molecule has 0 saturated heterocycles. The molecular formula is C22H37N5O2. The van der Waals surface area contributed by atoms with Crippen LogP contribution in [0.1, 0.15) is 70.9 Å². The summed E-state index contributed by atoms with van der Waals surface area (Å²) < 4.78 is 0. The molecule has 1 aromatic rings. The van der Waals surface area contributed by atoms with Gasteiger partial charge in [-0.3, -0.25) is 10.1 Å². The fourth-order valence-corrected chi connectivity index (χ4v) is 2.73. The molecular weight excluding hydrogens is 366 g/mol. The van der Waals surface area contributed by atoms with Crippen LogP contribution >= 0.6 is 0 Å². The topological polar surface area (TPSA) is 98.1 Å². The number of hydrogen-bond donors (Lipinski definition) is 4. The van der Waals surface area contributed by atoms with Crippen molar-refractivity contribution in [2.75, 3.05) is 6.54 Å². The molecule has 1 heterocycles. The number of rotatable bonds is 8. The second-order valence-corrected chi connectivity index (χ2v) is 7.74. The maximum Gasteiger partial charge on any atom is 0.300 e. The molecule has 1 aliphatic heterocycles. The van der Waals surface area contributed by atoms with Crippen molar-refractivity contribution in [1.82, 2.24) is 16.0 Å². The first-order chi connectivity index (χ1) is 13.7. The maximum atomic E-state index is 9.00. The van der Waals surface area contributed by atoms with Gasteiger partial charge < -0.3 is 15.7 Å². The molecule has 7 nitrogen and oxygen atoms in total. The Hall–Kier alpha value is -2.57. The predicted molar refractivity (Wildman–Crippen MR) is 120 cm³/mol. The zero-order chi connectivity index (χ0) is 21.7. The quantitative estimate of drug-likeness (QED) is 0.495. The van der Waals surface area contributed by atoms with Gasteiger partial charge in [-0.05, 0) is 32.8 Å². The second kappa shape index (κ2) is 12.8. The lowest BCUT2D eigenvalue weighted by atomic mass is 10.1. The van der Waals surface area contributed by atoms with Gasteiger partial charge in [-0.1, -0.05) is 62.4 Å². The first-order valence-corrected chi connectivity index (χ1v) is 10.4. The average Bonchev–Trinajstić information content (AvgIpc) is 2.62. The van der Waals surface area contributed by atoms with E-state index in [0.29, 0.717) is 0 Å². The molecule has 0 atom stereocenters. The third kappa shape index (κ3) is 11.8. The van der Waals surface area contributed by atoms with E-state index >= 15 is 0 Å². The molecule has 0 spiro atoms. The number of guanidine groups is 2. The predicted octanol–water partition coefficient (Wildman–Crippen LogP) is 3.79. The van der Waals surface area contributed by atoms with Crippen LogP contribution in [0.4, 0.5) is 0 Å². The largest absolute Gasteiger partial charge is 0.481 e. The Morgan fingerprint density at radius 2 is 1.59 bits per heavy atom. The minimum Gasteiger partial charge on any atom is -0.481 e. The van der Waals surface area contributed by atoms with Gasteiger partial charge in [-0.2, -0.15) is 0 Å². The van der Waals surface area contributed by atoms with E-state index in [4.69, 9.17) is 9.90 Å². The summed E-state index contributed by atoms with van der Waals surface area (Å²) in [5.74, 6) is 0.746. The smallest absolute Gasteiger partial charge is 0.300 e. The van der Waals surface area contributed by atoms with E-state index in [1.54, 1.807) is 0 Å². The summed E-state index contributed by atoms with van der Waals surface area (Å²) in [4.78, 5) is 18.3. The van der Waals surface area contributed by atoms with Crippen LogP contribution in [0.25, 0.3) is 0 Å². The number of carboxylic acid groups (broad SMARTS) is 1. The van der Waals surface area contributed by atoms with E-state index in [0.717, 1.165) is 31.9 Å². The number of aliphatic carboxylic acids is 1. The molecule has 0 radical (unpaired) electrons. The van der Waals surface area contributed by atoms with Crippen LogP contribution < -0.4 is 16.0 Å². The highest BCUT2D eigenvalue weighted by atomic mass is 16.4. The monoisotopic (exact) mass is 403 g/mol. The Balaban J connectivity index is 0.000000960. The summed E-state index contributed by atoms with van der Waals surface area (Å²) >= 11 is 0. The molecule has 4 N–H and O–H groups in total. The lowest BCUT2D eigenvalue weighted by Gasteiger charge is -2.26. The highest BCUT2D eigenvalue weighted by Gasteiger charge is 2.22. The molecule has 0 fully saturated rings. The standard InChI is InChI=1S/C20H33N5.C2H4O2/c1-5-6-7-8-9-14-21-18-23-19(25-20(3,4)24-18)22-15-17-12-10-16(2)11-13-17;1-2(3)4/h10-13H,5-9,14-15H2,1-4H3,(H3,21,22,23,24,25);1H3,(H,3,4). The summed E-state index contributed by atoms with van der Waals surface area (Å²) in [5, 5.41) is 17.5. The number of aryl methyl sites for hydroxylation is 1. The summed E-state index contributed by atoms with van der Waals surface area (Å²) in [5.41, 5.74) is 2.06. The van der Waals surface area contributed by atoms with Crippen molar-refractivity contribution < 1.29 is 9.90 Å². The number of nitrogens with one attached hydrogen (secondary N) is 3. The second-order valence-electron chi connectivity index (χ2n) is 7.74. The van der Waals surface area contributed by atoms with E-state index < -0.39 is 11.6 Å². The number of carboxylic acids is 1. The fraction of sp³-hybridized carbons (Fsp3) is 0.591. The number of nitrogens with zero attached hydrogens (tertiary/aromatic N) is 2.